The summed E-state index contributed by atoms with van der Waals surface area (Å²) in [5.74, 6) is -2.87. The number of halogens is 2. The van der Waals surface area contributed by atoms with Gasteiger partial charge >= 0.3 is 0 Å². The Morgan fingerprint density at radius 1 is 0.850 bits per heavy atom. The van der Waals surface area contributed by atoms with Gasteiger partial charge in [0.25, 0.3) is 0 Å². The molecule has 0 saturated carbocycles. The Bertz CT molecular complexity index is 1300. The molecule has 0 radical (unpaired) electrons. The quantitative estimate of drug-likeness (QED) is 0.393. The molecule has 210 valence electrons. The van der Waals surface area contributed by atoms with Crippen molar-refractivity contribution in [3.05, 3.63) is 106 Å². The number of carbonyl (C=O) groups is 2. The van der Waals surface area contributed by atoms with Crippen molar-refractivity contribution < 1.29 is 18.4 Å². The highest BCUT2D eigenvalue weighted by atomic mass is 19.1. The molecule has 2 heterocycles. The molecule has 7 heteroatoms. The zero-order valence-corrected chi connectivity index (χ0v) is 23.1. The van der Waals surface area contributed by atoms with Crippen LogP contribution in [0.3, 0.4) is 0 Å². The number of hydrogen-bond acceptors (Lipinski definition) is 5. The van der Waals surface area contributed by atoms with Crippen LogP contribution < -0.4 is 10.6 Å². The van der Waals surface area contributed by atoms with Crippen LogP contribution >= 0.6 is 0 Å². The molecule has 0 bridgehead atoms. The molecular weight excluding hydrogens is 508 g/mol. The summed E-state index contributed by atoms with van der Waals surface area (Å²) in [5, 5.41) is 6.94. The fourth-order valence-electron chi connectivity index (χ4n) is 6.35. The zero-order valence-electron chi connectivity index (χ0n) is 23.1. The fraction of sp³-hybridized carbons (Fsp3) is 0.394. The van der Waals surface area contributed by atoms with Gasteiger partial charge in [0.1, 0.15) is 11.6 Å². The number of rotatable bonds is 8. The van der Waals surface area contributed by atoms with Crippen molar-refractivity contribution in [2.24, 2.45) is 11.8 Å². The van der Waals surface area contributed by atoms with Crippen molar-refractivity contribution in [3.63, 3.8) is 0 Å². The van der Waals surface area contributed by atoms with E-state index in [1.165, 1.54) is 24.3 Å². The number of benzene rings is 3. The van der Waals surface area contributed by atoms with Crippen LogP contribution in [0.15, 0.2) is 66.7 Å². The third-order valence-corrected chi connectivity index (χ3v) is 8.59. The van der Waals surface area contributed by atoms with Crippen molar-refractivity contribution in [1.82, 2.24) is 15.5 Å². The van der Waals surface area contributed by atoms with E-state index in [4.69, 9.17) is 0 Å². The van der Waals surface area contributed by atoms with Crippen LogP contribution in [0.1, 0.15) is 49.7 Å². The maximum atomic E-state index is 14.2. The van der Waals surface area contributed by atoms with Gasteiger partial charge in [0.05, 0.1) is 0 Å². The summed E-state index contributed by atoms with van der Waals surface area (Å²) < 4.78 is 28.5. The van der Waals surface area contributed by atoms with Gasteiger partial charge in [-0.05, 0) is 67.8 Å². The summed E-state index contributed by atoms with van der Waals surface area (Å²) in [6.07, 6.45) is 0.864. The topological polar surface area (TPSA) is 61.4 Å². The first-order valence-corrected chi connectivity index (χ1v) is 14.1. The third-order valence-electron chi connectivity index (χ3n) is 8.59. The first-order chi connectivity index (χ1) is 19.3. The highest BCUT2D eigenvalue weighted by Gasteiger charge is 2.45. The first-order valence-electron chi connectivity index (χ1n) is 14.1. The van der Waals surface area contributed by atoms with Crippen molar-refractivity contribution in [1.29, 1.82) is 0 Å². The average molecular weight is 546 g/mol. The highest BCUT2D eigenvalue weighted by Crippen LogP contribution is 2.42. The minimum atomic E-state index is -0.573. The molecule has 1 unspecified atom stereocenters. The SMILES string of the molecule is Cc1cccc([C@@H]2[C@@H](C(=O)c3cccc(F)c3)CN(CCC3CNCCN3)C[C@H]2C(=O)c2cccc(F)c2)c1C. The molecule has 0 spiro atoms. The van der Waals surface area contributed by atoms with E-state index < -0.39 is 29.4 Å². The van der Waals surface area contributed by atoms with Crippen LogP contribution in [-0.2, 0) is 0 Å². The monoisotopic (exact) mass is 545 g/mol. The number of likely N-dealkylation sites (tertiary alicyclic amines) is 1. The van der Waals surface area contributed by atoms with Crippen LogP contribution in [0, 0.1) is 37.3 Å². The Labute approximate surface area is 235 Å². The van der Waals surface area contributed by atoms with Crippen LogP contribution in [0.2, 0.25) is 0 Å². The summed E-state index contributed by atoms with van der Waals surface area (Å²) in [6.45, 7) is 8.38. The number of ketones is 2. The van der Waals surface area contributed by atoms with Crippen LogP contribution in [0.5, 0.6) is 0 Å². The van der Waals surface area contributed by atoms with E-state index in [-0.39, 0.29) is 11.6 Å². The van der Waals surface area contributed by atoms with Crippen molar-refractivity contribution in [3.8, 4) is 0 Å². The summed E-state index contributed by atoms with van der Waals surface area (Å²) in [4.78, 5) is 30.5. The number of piperidine rings is 1. The molecule has 2 N–H and O–H groups in total. The number of nitrogens with one attached hydrogen (secondary N) is 2. The number of carbonyl (C=O) groups excluding carboxylic acids is 2. The minimum Gasteiger partial charge on any atom is -0.314 e. The Kier molecular flexibility index (Phi) is 8.84. The van der Waals surface area contributed by atoms with Crippen molar-refractivity contribution in [2.45, 2.75) is 32.2 Å². The molecule has 3 aromatic rings. The summed E-state index contributed by atoms with van der Waals surface area (Å²) in [7, 11) is 0. The van der Waals surface area contributed by atoms with Gasteiger partial charge in [0, 0.05) is 67.6 Å². The second-order valence-corrected chi connectivity index (χ2v) is 11.2. The summed E-state index contributed by atoms with van der Waals surface area (Å²) in [6, 6.07) is 17.9. The van der Waals surface area contributed by atoms with Gasteiger partial charge in [-0.25, -0.2) is 8.78 Å². The number of aryl methyl sites for hydroxylation is 1. The Hall–Kier alpha value is -3.26. The lowest BCUT2D eigenvalue weighted by Gasteiger charge is -2.44. The van der Waals surface area contributed by atoms with Gasteiger partial charge < -0.3 is 15.5 Å². The van der Waals surface area contributed by atoms with Gasteiger partial charge in [-0.15, -0.1) is 0 Å². The largest absolute Gasteiger partial charge is 0.314 e. The predicted molar refractivity (Wildman–Crippen MR) is 153 cm³/mol. The maximum Gasteiger partial charge on any atom is 0.167 e. The van der Waals surface area contributed by atoms with Gasteiger partial charge in [-0.3, -0.25) is 9.59 Å². The molecule has 2 saturated heterocycles. The molecule has 2 aliphatic rings. The second-order valence-electron chi connectivity index (χ2n) is 11.2. The normalized spacial score (nSPS) is 23.6. The van der Waals surface area contributed by atoms with Crippen LogP contribution in [0.4, 0.5) is 8.78 Å². The number of nitrogens with zero attached hydrogens (tertiary/aromatic N) is 1. The fourth-order valence-corrected chi connectivity index (χ4v) is 6.35. The lowest BCUT2D eigenvalue weighted by molar-refractivity contribution is 0.0562. The lowest BCUT2D eigenvalue weighted by atomic mass is 9.67. The van der Waals surface area contributed by atoms with Gasteiger partial charge in [0.2, 0.25) is 0 Å². The number of piperazine rings is 1. The smallest absolute Gasteiger partial charge is 0.167 e. The molecule has 0 aromatic heterocycles. The average Bonchev–Trinajstić information content (AvgIpc) is 2.97. The van der Waals surface area contributed by atoms with Crippen molar-refractivity contribution >= 4 is 11.6 Å². The second kappa shape index (κ2) is 12.5. The first kappa shape index (κ1) is 28.3. The molecule has 4 atom stereocenters. The minimum absolute atomic E-state index is 0.176. The molecule has 5 nitrogen and oxygen atoms in total. The molecular formula is C33H37F2N3O2. The van der Waals surface area contributed by atoms with Gasteiger partial charge in [-0.1, -0.05) is 42.5 Å². The molecule has 40 heavy (non-hydrogen) atoms. The van der Waals surface area contributed by atoms with Gasteiger partial charge in [0.15, 0.2) is 11.6 Å². The van der Waals surface area contributed by atoms with E-state index in [0.717, 1.165) is 42.7 Å². The maximum absolute atomic E-state index is 14.2. The van der Waals surface area contributed by atoms with E-state index in [2.05, 4.69) is 15.5 Å². The molecule has 2 aliphatic heterocycles. The van der Waals surface area contributed by atoms with E-state index >= 15 is 0 Å². The third kappa shape index (κ3) is 6.22. The van der Waals surface area contributed by atoms with Crippen LogP contribution in [0.25, 0.3) is 0 Å². The van der Waals surface area contributed by atoms with Crippen molar-refractivity contribution in [2.75, 3.05) is 39.3 Å². The van der Waals surface area contributed by atoms with E-state index in [0.29, 0.717) is 36.8 Å². The number of Topliss-reactive ketones (excluding diaryl/α,β-unsaturated/α-hetero) is 2. The van der Waals surface area contributed by atoms with E-state index in [9.17, 15) is 18.4 Å². The Morgan fingerprint density at radius 3 is 2.00 bits per heavy atom. The van der Waals surface area contributed by atoms with E-state index in [1.54, 1.807) is 24.3 Å². The Balaban J connectivity index is 1.57. The summed E-state index contributed by atoms with van der Waals surface area (Å²) >= 11 is 0. The molecule has 5 rings (SSSR count). The number of hydrogen-bond donors (Lipinski definition) is 2. The zero-order chi connectivity index (χ0) is 28.2. The van der Waals surface area contributed by atoms with E-state index in [1.807, 2.05) is 32.0 Å². The summed E-state index contributed by atoms with van der Waals surface area (Å²) in [5.41, 5.74) is 3.66. The van der Waals surface area contributed by atoms with Gasteiger partial charge in [-0.2, -0.15) is 0 Å². The highest BCUT2D eigenvalue weighted by molar-refractivity contribution is 6.02. The predicted octanol–water partition coefficient (Wildman–Crippen LogP) is 4.93. The molecule has 0 amide bonds. The molecule has 2 fully saturated rings. The molecule has 3 aromatic carbocycles. The standard InChI is InChI=1S/C33H37F2N3O2/c1-21-6-3-11-28(22(21)2)31-29(32(39)23-7-4-9-25(34)16-23)19-38(15-12-27-18-36-13-14-37-27)20-30(31)33(40)24-8-5-10-26(35)17-24/h3-11,16-17,27,29-31,36-37H,12-15,18-20H2,1-2H3/t27?,29-,30+,31+. The molecule has 0 aliphatic carbocycles. The lowest BCUT2D eigenvalue weighted by Crippen LogP contribution is -2.53. The Morgan fingerprint density at radius 2 is 1.45 bits per heavy atom. The van der Waals surface area contributed by atoms with Crippen LogP contribution in [-0.4, -0.2) is 61.8 Å².